The zero-order valence-electron chi connectivity index (χ0n) is 10.6. The van der Waals surface area contributed by atoms with Crippen LogP contribution in [0.1, 0.15) is 12.1 Å². The highest BCUT2D eigenvalue weighted by atomic mass is 15.2. The monoisotopic (exact) mass is 242 g/mol. The third-order valence-electron chi connectivity index (χ3n) is 3.59. The molecule has 4 nitrogen and oxygen atoms in total. The number of aromatic nitrogens is 2. The van der Waals surface area contributed by atoms with Gasteiger partial charge in [-0.25, -0.2) is 0 Å². The lowest BCUT2D eigenvalue weighted by Crippen LogP contribution is -2.18. The minimum Gasteiger partial charge on any atom is -0.368 e. The Balaban J connectivity index is 1.85. The van der Waals surface area contributed by atoms with E-state index >= 15 is 0 Å². The van der Waals surface area contributed by atoms with Crippen molar-refractivity contribution in [1.29, 1.82) is 0 Å². The van der Waals surface area contributed by atoms with Gasteiger partial charge in [-0.05, 0) is 32.4 Å². The molecule has 0 spiro atoms. The van der Waals surface area contributed by atoms with Gasteiger partial charge in [0.2, 0.25) is 0 Å². The number of rotatable bonds is 3. The first kappa shape index (κ1) is 11.4. The summed E-state index contributed by atoms with van der Waals surface area (Å²) in [5.74, 6) is 1.61. The molecule has 0 radical (unpaired) electrons. The highest BCUT2D eigenvalue weighted by Gasteiger charge is 2.15. The Hall–Kier alpha value is -1.68. The molecular weight excluding hydrogens is 224 g/mol. The van der Waals surface area contributed by atoms with Crippen LogP contribution in [0.25, 0.3) is 10.8 Å². The fraction of sp³-hybridized carbons (Fsp3) is 0.429. The third-order valence-corrected chi connectivity index (χ3v) is 3.59. The summed E-state index contributed by atoms with van der Waals surface area (Å²) in [6, 6.07) is 8.29. The maximum atomic E-state index is 4.29. The molecule has 1 aliphatic rings. The number of anilines is 1. The minimum absolute atomic E-state index is 0.701. The van der Waals surface area contributed by atoms with Crippen LogP contribution in [0.4, 0.5) is 5.82 Å². The summed E-state index contributed by atoms with van der Waals surface area (Å²) < 4.78 is 0. The fourth-order valence-corrected chi connectivity index (χ4v) is 2.50. The summed E-state index contributed by atoms with van der Waals surface area (Å²) in [5.41, 5.74) is 0.985. The largest absolute Gasteiger partial charge is 0.368 e. The normalized spacial score (nSPS) is 19.3. The van der Waals surface area contributed by atoms with Gasteiger partial charge < -0.3 is 10.6 Å². The van der Waals surface area contributed by atoms with E-state index in [1.165, 1.54) is 11.8 Å². The van der Waals surface area contributed by atoms with Crippen molar-refractivity contribution >= 4 is 16.6 Å². The number of hydrogen-bond acceptors (Lipinski definition) is 4. The molecule has 1 aliphatic heterocycles. The Morgan fingerprint density at radius 2 is 2.11 bits per heavy atom. The lowest BCUT2D eigenvalue weighted by molar-refractivity contribution is 0.614. The summed E-state index contributed by atoms with van der Waals surface area (Å²) in [6.07, 6.45) is 1.24. The van der Waals surface area contributed by atoms with Crippen LogP contribution >= 0.6 is 0 Å². The van der Waals surface area contributed by atoms with Crippen LogP contribution in [0.5, 0.6) is 0 Å². The van der Waals surface area contributed by atoms with Crippen LogP contribution in [0.2, 0.25) is 0 Å². The van der Waals surface area contributed by atoms with E-state index in [9.17, 15) is 0 Å². The minimum atomic E-state index is 0.701. The highest BCUT2D eigenvalue weighted by Crippen LogP contribution is 2.22. The van der Waals surface area contributed by atoms with Crippen molar-refractivity contribution in [2.45, 2.75) is 13.3 Å². The predicted molar refractivity (Wildman–Crippen MR) is 73.7 cm³/mol. The molecule has 4 heteroatoms. The molecular formula is C14H18N4. The first-order chi connectivity index (χ1) is 8.84. The Morgan fingerprint density at radius 3 is 2.89 bits per heavy atom. The Morgan fingerprint density at radius 1 is 1.28 bits per heavy atom. The van der Waals surface area contributed by atoms with Crippen LogP contribution in [0, 0.1) is 12.8 Å². The first-order valence-corrected chi connectivity index (χ1v) is 6.51. The van der Waals surface area contributed by atoms with Crippen LogP contribution in [-0.2, 0) is 0 Å². The van der Waals surface area contributed by atoms with Gasteiger partial charge in [0.1, 0.15) is 0 Å². The summed E-state index contributed by atoms with van der Waals surface area (Å²) in [5, 5.41) is 17.7. The van der Waals surface area contributed by atoms with Gasteiger partial charge in [-0.2, -0.15) is 5.10 Å². The number of aryl methyl sites for hydroxylation is 1. The van der Waals surface area contributed by atoms with Gasteiger partial charge in [0.15, 0.2) is 5.82 Å². The molecule has 2 heterocycles. The van der Waals surface area contributed by atoms with Crippen molar-refractivity contribution in [3.8, 4) is 0 Å². The van der Waals surface area contributed by atoms with E-state index in [0.717, 1.165) is 36.5 Å². The number of nitrogens with zero attached hydrogens (tertiary/aromatic N) is 2. The topological polar surface area (TPSA) is 49.8 Å². The zero-order valence-corrected chi connectivity index (χ0v) is 10.6. The SMILES string of the molecule is Cc1nnc(NCC2CCNC2)c2ccccc12. The van der Waals surface area contributed by atoms with E-state index in [0.29, 0.717) is 5.92 Å². The quantitative estimate of drug-likeness (QED) is 0.864. The van der Waals surface area contributed by atoms with Gasteiger partial charge >= 0.3 is 0 Å². The number of nitrogens with one attached hydrogen (secondary N) is 2. The van der Waals surface area contributed by atoms with E-state index in [1.54, 1.807) is 0 Å². The Bertz CT molecular complexity index is 546. The van der Waals surface area contributed by atoms with E-state index < -0.39 is 0 Å². The number of hydrogen-bond donors (Lipinski definition) is 2. The third kappa shape index (κ3) is 2.16. The first-order valence-electron chi connectivity index (χ1n) is 6.51. The zero-order chi connectivity index (χ0) is 12.4. The second-order valence-corrected chi connectivity index (χ2v) is 4.92. The van der Waals surface area contributed by atoms with Crippen molar-refractivity contribution < 1.29 is 0 Å². The second kappa shape index (κ2) is 4.90. The van der Waals surface area contributed by atoms with Crippen LogP contribution < -0.4 is 10.6 Å². The lowest BCUT2D eigenvalue weighted by atomic mass is 10.1. The van der Waals surface area contributed by atoms with Gasteiger partial charge in [-0.15, -0.1) is 5.10 Å². The van der Waals surface area contributed by atoms with Crippen LogP contribution in [0.3, 0.4) is 0 Å². The molecule has 94 valence electrons. The standard InChI is InChI=1S/C14H18N4/c1-10-12-4-2-3-5-13(12)14(18-17-10)16-9-11-6-7-15-8-11/h2-5,11,15H,6-9H2,1H3,(H,16,18). The smallest absolute Gasteiger partial charge is 0.156 e. The van der Waals surface area contributed by atoms with Crippen molar-refractivity contribution in [3.63, 3.8) is 0 Å². The Kier molecular flexibility index (Phi) is 3.11. The average Bonchev–Trinajstić information content (AvgIpc) is 2.92. The average molecular weight is 242 g/mol. The van der Waals surface area contributed by atoms with Gasteiger partial charge in [0, 0.05) is 17.3 Å². The molecule has 0 aliphatic carbocycles. The molecule has 18 heavy (non-hydrogen) atoms. The molecule has 0 bridgehead atoms. The van der Waals surface area contributed by atoms with Crippen molar-refractivity contribution in [2.24, 2.45) is 5.92 Å². The maximum absolute atomic E-state index is 4.29. The molecule has 3 rings (SSSR count). The molecule has 2 aromatic rings. The summed E-state index contributed by atoms with van der Waals surface area (Å²) in [7, 11) is 0. The lowest BCUT2D eigenvalue weighted by Gasteiger charge is -2.12. The highest BCUT2D eigenvalue weighted by molar-refractivity contribution is 5.92. The number of benzene rings is 1. The van der Waals surface area contributed by atoms with E-state index in [-0.39, 0.29) is 0 Å². The summed E-state index contributed by atoms with van der Waals surface area (Å²) in [6.45, 7) is 5.20. The van der Waals surface area contributed by atoms with E-state index in [2.05, 4.69) is 33.0 Å². The molecule has 2 N–H and O–H groups in total. The summed E-state index contributed by atoms with van der Waals surface area (Å²) >= 11 is 0. The van der Waals surface area contributed by atoms with E-state index in [1.807, 2.05) is 19.1 Å². The van der Waals surface area contributed by atoms with Crippen LogP contribution in [-0.4, -0.2) is 29.8 Å². The van der Waals surface area contributed by atoms with Gasteiger partial charge in [0.05, 0.1) is 5.69 Å². The van der Waals surface area contributed by atoms with E-state index in [4.69, 9.17) is 0 Å². The molecule has 1 aromatic heterocycles. The van der Waals surface area contributed by atoms with Crippen molar-refractivity contribution in [3.05, 3.63) is 30.0 Å². The van der Waals surface area contributed by atoms with Gasteiger partial charge in [0.25, 0.3) is 0 Å². The van der Waals surface area contributed by atoms with Crippen molar-refractivity contribution in [1.82, 2.24) is 15.5 Å². The fourth-order valence-electron chi connectivity index (χ4n) is 2.50. The molecule has 1 unspecified atom stereocenters. The van der Waals surface area contributed by atoms with Gasteiger partial charge in [-0.1, -0.05) is 24.3 Å². The number of fused-ring (bicyclic) bond motifs is 1. The van der Waals surface area contributed by atoms with Gasteiger partial charge in [-0.3, -0.25) is 0 Å². The second-order valence-electron chi connectivity index (χ2n) is 4.92. The van der Waals surface area contributed by atoms with Crippen LogP contribution in [0.15, 0.2) is 24.3 Å². The Labute approximate surface area is 107 Å². The molecule has 1 fully saturated rings. The molecule has 0 amide bonds. The summed E-state index contributed by atoms with van der Waals surface area (Å²) in [4.78, 5) is 0. The molecule has 1 aromatic carbocycles. The molecule has 1 atom stereocenters. The maximum Gasteiger partial charge on any atom is 0.156 e. The van der Waals surface area contributed by atoms with Crippen molar-refractivity contribution in [2.75, 3.05) is 25.0 Å². The molecule has 1 saturated heterocycles. The molecule has 0 saturated carbocycles. The predicted octanol–water partition coefficient (Wildman–Crippen LogP) is 1.96.